The van der Waals surface area contributed by atoms with Gasteiger partial charge in [-0.1, -0.05) is 23.8 Å². The van der Waals surface area contributed by atoms with E-state index < -0.39 is 0 Å². The zero-order valence-corrected chi connectivity index (χ0v) is 12.0. The molecule has 0 spiro atoms. The molecule has 0 heterocycles. The minimum Gasteiger partial charge on any atom is -0.381 e. The minimum atomic E-state index is 0.880. The fraction of sp³-hybridized carbons (Fsp3) is 0.250. The molecule has 0 unspecified atom stereocenters. The van der Waals surface area contributed by atoms with Gasteiger partial charge in [-0.3, -0.25) is 0 Å². The Kier molecular flexibility index (Phi) is 4.32. The lowest BCUT2D eigenvalue weighted by Crippen LogP contribution is -2.01. The molecule has 0 aliphatic carbocycles. The number of thioether (sulfide) groups is 1. The van der Waals surface area contributed by atoms with Crippen LogP contribution < -0.4 is 5.32 Å². The van der Waals surface area contributed by atoms with Gasteiger partial charge in [0.2, 0.25) is 0 Å². The Morgan fingerprint density at radius 1 is 1.00 bits per heavy atom. The van der Waals surface area contributed by atoms with Gasteiger partial charge < -0.3 is 5.32 Å². The third kappa shape index (κ3) is 3.30. The second-order valence-corrected chi connectivity index (χ2v) is 5.39. The third-order valence-corrected chi connectivity index (χ3v) is 3.81. The summed E-state index contributed by atoms with van der Waals surface area (Å²) in [5.74, 6) is 0. The maximum absolute atomic E-state index is 3.46. The van der Waals surface area contributed by atoms with Crippen molar-refractivity contribution in [2.24, 2.45) is 0 Å². The van der Waals surface area contributed by atoms with E-state index in [0.717, 1.165) is 6.54 Å². The normalized spacial score (nSPS) is 10.4. The van der Waals surface area contributed by atoms with E-state index >= 15 is 0 Å². The maximum atomic E-state index is 3.46. The summed E-state index contributed by atoms with van der Waals surface area (Å²) in [4.78, 5) is 1.30. The molecule has 0 aliphatic heterocycles. The Morgan fingerprint density at radius 2 is 1.72 bits per heavy atom. The maximum Gasteiger partial charge on any atom is 0.0403 e. The minimum absolute atomic E-state index is 0.880. The van der Waals surface area contributed by atoms with Gasteiger partial charge in [0.1, 0.15) is 0 Å². The van der Waals surface area contributed by atoms with Crippen LogP contribution in [-0.4, -0.2) is 6.26 Å². The molecule has 0 saturated heterocycles. The number of hydrogen-bond acceptors (Lipinski definition) is 2. The number of nitrogens with one attached hydrogen (secondary N) is 1. The molecular formula is C16H19NS. The van der Waals surface area contributed by atoms with Crippen molar-refractivity contribution < 1.29 is 0 Å². The highest BCUT2D eigenvalue weighted by molar-refractivity contribution is 7.98. The van der Waals surface area contributed by atoms with E-state index in [1.807, 2.05) is 0 Å². The van der Waals surface area contributed by atoms with Crippen LogP contribution >= 0.6 is 11.8 Å². The van der Waals surface area contributed by atoms with E-state index in [-0.39, 0.29) is 0 Å². The highest BCUT2D eigenvalue weighted by Gasteiger charge is 1.99. The van der Waals surface area contributed by atoms with E-state index in [2.05, 4.69) is 67.9 Å². The molecule has 0 saturated carbocycles. The van der Waals surface area contributed by atoms with Gasteiger partial charge in [0.05, 0.1) is 0 Å². The van der Waals surface area contributed by atoms with Crippen LogP contribution in [0.1, 0.15) is 16.7 Å². The van der Waals surface area contributed by atoms with Gasteiger partial charge >= 0.3 is 0 Å². The van der Waals surface area contributed by atoms with Crippen LogP contribution in [0.3, 0.4) is 0 Å². The smallest absolute Gasteiger partial charge is 0.0403 e. The summed E-state index contributed by atoms with van der Waals surface area (Å²) in [6.07, 6.45) is 2.10. The van der Waals surface area contributed by atoms with E-state index in [4.69, 9.17) is 0 Å². The first kappa shape index (κ1) is 13.0. The van der Waals surface area contributed by atoms with Crippen LogP contribution in [0.5, 0.6) is 0 Å². The molecule has 0 aliphatic rings. The Hall–Kier alpha value is -1.41. The van der Waals surface area contributed by atoms with Crippen molar-refractivity contribution in [2.45, 2.75) is 25.3 Å². The van der Waals surface area contributed by atoms with E-state index in [9.17, 15) is 0 Å². The molecule has 1 N–H and O–H groups in total. The monoisotopic (exact) mass is 257 g/mol. The number of anilines is 1. The van der Waals surface area contributed by atoms with Crippen LogP contribution in [0.2, 0.25) is 0 Å². The molecule has 0 radical (unpaired) electrons. The van der Waals surface area contributed by atoms with Gasteiger partial charge in [-0.15, -0.1) is 11.8 Å². The predicted octanol–water partition coefficient (Wildman–Crippen LogP) is 4.64. The first-order valence-corrected chi connectivity index (χ1v) is 7.35. The van der Waals surface area contributed by atoms with Gasteiger partial charge in [-0.2, -0.15) is 0 Å². The van der Waals surface area contributed by atoms with Crippen molar-refractivity contribution in [3.05, 3.63) is 59.2 Å². The lowest BCUT2D eigenvalue weighted by Gasteiger charge is -2.10. The largest absolute Gasteiger partial charge is 0.381 e. The van der Waals surface area contributed by atoms with Crippen LogP contribution in [0.15, 0.2) is 47.4 Å². The highest BCUT2D eigenvalue weighted by Crippen LogP contribution is 2.18. The molecule has 0 amide bonds. The zero-order valence-electron chi connectivity index (χ0n) is 11.2. The average Bonchev–Trinajstić information content (AvgIpc) is 2.38. The molecule has 1 nitrogen and oxygen atoms in total. The summed E-state index contributed by atoms with van der Waals surface area (Å²) >= 11 is 1.77. The second-order valence-electron chi connectivity index (χ2n) is 4.51. The molecule has 2 rings (SSSR count). The highest BCUT2D eigenvalue weighted by atomic mass is 32.2. The summed E-state index contributed by atoms with van der Waals surface area (Å²) in [5.41, 5.74) is 5.20. The van der Waals surface area contributed by atoms with Crippen molar-refractivity contribution >= 4 is 17.4 Å². The zero-order chi connectivity index (χ0) is 13.0. The molecule has 2 heteroatoms. The number of aryl methyl sites for hydroxylation is 2. The van der Waals surface area contributed by atoms with Gasteiger partial charge in [-0.05, 0) is 55.5 Å². The molecular weight excluding hydrogens is 238 g/mol. The Labute approximate surface area is 114 Å². The SMILES string of the molecule is CSc1ccc(NCc2ccc(C)cc2C)cc1. The first-order chi connectivity index (χ1) is 8.69. The van der Waals surface area contributed by atoms with Gasteiger partial charge in [-0.25, -0.2) is 0 Å². The van der Waals surface area contributed by atoms with E-state index in [1.165, 1.54) is 27.3 Å². The lowest BCUT2D eigenvalue weighted by molar-refractivity contribution is 1.11. The van der Waals surface area contributed by atoms with Gasteiger partial charge in [0, 0.05) is 17.1 Å². The van der Waals surface area contributed by atoms with Crippen LogP contribution in [0.25, 0.3) is 0 Å². The molecule has 94 valence electrons. The topological polar surface area (TPSA) is 12.0 Å². The Bertz CT molecular complexity index is 517. The van der Waals surface area contributed by atoms with Crippen molar-refractivity contribution in [1.29, 1.82) is 0 Å². The molecule has 2 aromatic carbocycles. The quantitative estimate of drug-likeness (QED) is 0.801. The molecule has 0 bridgehead atoms. The van der Waals surface area contributed by atoms with Crippen LogP contribution in [0, 0.1) is 13.8 Å². The molecule has 18 heavy (non-hydrogen) atoms. The van der Waals surface area contributed by atoms with Gasteiger partial charge in [0.25, 0.3) is 0 Å². The van der Waals surface area contributed by atoms with E-state index in [1.54, 1.807) is 11.8 Å². The van der Waals surface area contributed by atoms with Crippen molar-refractivity contribution in [1.82, 2.24) is 0 Å². The fourth-order valence-corrected chi connectivity index (χ4v) is 2.36. The summed E-state index contributed by atoms with van der Waals surface area (Å²) in [6.45, 7) is 5.18. The van der Waals surface area contributed by atoms with Gasteiger partial charge in [0.15, 0.2) is 0 Å². The van der Waals surface area contributed by atoms with Crippen molar-refractivity contribution in [3.8, 4) is 0 Å². The summed E-state index contributed by atoms with van der Waals surface area (Å²) in [5, 5.41) is 3.46. The number of rotatable bonds is 4. The second kappa shape index (κ2) is 5.96. The van der Waals surface area contributed by atoms with Crippen LogP contribution in [-0.2, 0) is 6.54 Å². The standard InChI is InChI=1S/C16H19NS/c1-12-4-5-14(13(2)10-12)11-17-15-6-8-16(18-3)9-7-15/h4-10,17H,11H2,1-3H3. The van der Waals surface area contributed by atoms with E-state index in [0.29, 0.717) is 0 Å². The van der Waals surface area contributed by atoms with Crippen molar-refractivity contribution in [3.63, 3.8) is 0 Å². The van der Waals surface area contributed by atoms with Crippen LogP contribution in [0.4, 0.5) is 5.69 Å². The summed E-state index contributed by atoms with van der Waals surface area (Å²) < 4.78 is 0. The number of benzene rings is 2. The van der Waals surface area contributed by atoms with Crippen molar-refractivity contribution in [2.75, 3.05) is 11.6 Å². The third-order valence-electron chi connectivity index (χ3n) is 3.07. The fourth-order valence-electron chi connectivity index (χ4n) is 1.95. The molecule has 0 aromatic heterocycles. The summed E-state index contributed by atoms with van der Waals surface area (Å²) in [7, 11) is 0. The lowest BCUT2D eigenvalue weighted by atomic mass is 10.1. The molecule has 2 aromatic rings. The average molecular weight is 257 g/mol. The number of hydrogen-bond donors (Lipinski definition) is 1. The predicted molar refractivity (Wildman–Crippen MR) is 81.5 cm³/mol. The Balaban J connectivity index is 2.02. The molecule has 0 atom stereocenters. The Morgan fingerprint density at radius 3 is 2.33 bits per heavy atom. The molecule has 0 fully saturated rings. The first-order valence-electron chi connectivity index (χ1n) is 6.13. The summed E-state index contributed by atoms with van der Waals surface area (Å²) in [6, 6.07) is 15.2.